The van der Waals surface area contributed by atoms with Crippen LogP contribution in [0.25, 0.3) is 0 Å². The van der Waals surface area contributed by atoms with Crippen LogP contribution in [0.3, 0.4) is 0 Å². The van der Waals surface area contributed by atoms with Crippen molar-refractivity contribution in [3.8, 4) is 5.75 Å². The second-order valence-electron chi connectivity index (χ2n) is 3.91. The largest absolute Gasteiger partial charge is 0.494 e. The third kappa shape index (κ3) is 5.71. The van der Waals surface area contributed by atoms with Gasteiger partial charge in [-0.15, -0.1) is 0 Å². The molecule has 0 spiro atoms. The smallest absolute Gasteiger partial charge is 0.269 e. The molecule has 0 saturated heterocycles. The highest BCUT2D eigenvalue weighted by atomic mass is 16.5. The van der Waals surface area contributed by atoms with E-state index < -0.39 is 0 Å². The zero-order valence-corrected chi connectivity index (χ0v) is 11.8. The molecular formula is C14H20N2O4. The lowest BCUT2D eigenvalue weighted by atomic mass is 10.2. The molecule has 1 aromatic rings. The number of rotatable bonds is 7. The minimum Gasteiger partial charge on any atom is -0.494 e. The summed E-state index contributed by atoms with van der Waals surface area (Å²) in [4.78, 5) is 23.1. The maximum absolute atomic E-state index is 11.8. The van der Waals surface area contributed by atoms with Crippen molar-refractivity contribution in [2.75, 3.05) is 19.8 Å². The van der Waals surface area contributed by atoms with E-state index in [1.165, 1.54) is 0 Å². The number of hydrazine groups is 1. The second kappa shape index (κ2) is 8.92. The fraction of sp³-hybridized carbons (Fsp3) is 0.429. The van der Waals surface area contributed by atoms with Gasteiger partial charge in [-0.05, 0) is 38.1 Å². The van der Waals surface area contributed by atoms with Crippen LogP contribution in [0.15, 0.2) is 24.3 Å². The minimum atomic E-state index is -0.377. The van der Waals surface area contributed by atoms with Crippen LogP contribution < -0.4 is 15.6 Å². The Labute approximate surface area is 118 Å². The van der Waals surface area contributed by atoms with Crippen molar-refractivity contribution in [1.82, 2.24) is 10.9 Å². The van der Waals surface area contributed by atoms with Gasteiger partial charge in [0, 0.05) is 12.2 Å². The van der Waals surface area contributed by atoms with Gasteiger partial charge in [-0.2, -0.15) is 0 Å². The Bertz CT molecular complexity index is 431. The summed E-state index contributed by atoms with van der Waals surface area (Å²) in [5.41, 5.74) is 5.12. The number of nitrogens with one attached hydrogen (secondary N) is 2. The van der Waals surface area contributed by atoms with Gasteiger partial charge in [0.2, 0.25) is 5.91 Å². The molecule has 110 valence electrons. The first-order valence-corrected chi connectivity index (χ1v) is 6.57. The summed E-state index contributed by atoms with van der Waals surface area (Å²) in [5.74, 6) is 0.0281. The number of hydrogen-bond donors (Lipinski definition) is 2. The summed E-state index contributed by atoms with van der Waals surface area (Å²) in [6, 6.07) is 6.67. The molecule has 0 aliphatic rings. The average molecular weight is 280 g/mol. The molecule has 0 saturated carbocycles. The Morgan fingerprint density at radius 1 is 1.05 bits per heavy atom. The zero-order valence-electron chi connectivity index (χ0n) is 11.8. The molecule has 6 nitrogen and oxygen atoms in total. The van der Waals surface area contributed by atoms with E-state index in [1.54, 1.807) is 24.3 Å². The highest BCUT2D eigenvalue weighted by Gasteiger charge is 2.07. The van der Waals surface area contributed by atoms with Gasteiger partial charge in [-0.25, -0.2) is 0 Å². The lowest BCUT2D eigenvalue weighted by Crippen LogP contribution is -2.41. The Morgan fingerprint density at radius 3 is 2.35 bits per heavy atom. The fourth-order valence-corrected chi connectivity index (χ4v) is 1.44. The summed E-state index contributed by atoms with van der Waals surface area (Å²) >= 11 is 0. The highest BCUT2D eigenvalue weighted by molar-refractivity contribution is 5.95. The van der Waals surface area contributed by atoms with E-state index in [0.717, 1.165) is 0 Å². The van der Waals surface area contributed by atoms with Gasteiger partial charge in [0.1, 0.15) is 5.75 Å². The number of benzene rings is 1. The van der Waals surface area contributed by atoms with E-state index in [4.69, 9.17) is 9.47 Å². The molecule has 0 bridgehead atoms. The van der Waals surface area contributed by atoms with Crippen LogP contribution in [-0.4, -0.2) is 31.6 Å². The summed E-state index contributed by atoms with van der Waals surface area (Å²) in [6.45, 7) is 5.21. The zero-order chi connectivity index (χ0) is 14.8. The first-order chi connectivity index (χ1) is 9.67. The standard InChI is InChI=1S/C14H20N2O4/c1-3-19-10-9-13(17)15-16-14(18)11-5-7-12(8-6-11)20-4-2/h5-8H,3-4,9-10H2,1-2H3,(H,15,17)(H,16,18). The van der Waals surface area contributed by atoms with Gasteiger partial charge in [-0.1, -0.05) is 0 Å². The number of hydrogen-bond acceptors (Lipinski definition) is 4. The van der Waals surface area contributed by atoms with Crippen molar-refractivity contribution in [2.24, 2.45) is 0 Å². The minimum absolute atomic E-state index is 0.206. The number of ether oxygens (including phenoxy) is 2. The molecule has 0 fully saturated rings. The molecule has 2 N–H and O–H groups in total. The lowest BCUT2D eigenvalue weighted by molar-refractivity contribution is -0.122. The van der Waals surface area contributed by atoms with Gasteiger partial charge in [0.15, 0.2) is 0 Å². The third-order valence-electron chi connectivity index (χ3n) is 2.42. The van der Waals surface area contributed by atoms with Crippen LogP contribution >= 0.6 is 0 Å². The van der Waals surface area contributed by atoms with Crippen molar-refractivity contribution >= 4 is 11.8 Å². The molecule has 0 heterocycles. The van der Waals surface area contributed by atoms with Gasteiger partial charge < -0.3 is 9.47 Å². The Kier molecular flexibility index (Phi) is 7.13. The second-order valence-corrected chi connectivity index (χ2v) is 3.91. The lowest BCUT2D eigenvalue weighted by Gasteiger charge is -2.08. The predicted molar refractivity (Wildman–Crippen MR) is 74.3 cm³/mol. The molecule has 0 radical (unpaired) electrons. The summed E-state index contributed by atoms with van der Waals surface area (Å²) in [7, 11) is 0. The molecule has 1 aromatic carbocycles. The molecule has 20 heavy (non-hydrogen) atoms. The fourth-order valence-electron chi connectivity index (χ4n) is 1.44. The number of amides is 2. The maximum Gasteiger partial charge on any atom is 0.269 e. The summed E-state index contributed by atoms with van der Waals surface area (Å²) < 4.78 is 10.3. The van der Waals surface area contributed by atoms with Crippen molar-refractivity contribution in [2.45, 2.75) is 20.3 Å². The molecular weight excluding hydrogens is 260 g/mol. The van der Waals surface area contributed by atoms with Crippen LogP contribution in [0.5, 0.6) is 5.75 Å². The van der Waals surface area contributed by atoms with E-state index in [2.05, 4.69) is 10.9 Å². The molecule has 6 heteroatoms. The van der Waals surface area contributed by atoms with Crippen LogP contribution in [-0.2, 0) is 9.53 Å². The third-order valence-corrected chi connectivity index (χ3v) is 2.42. The first-order valence-electron chi connectivity index (χ1n) is 6.57. The van der Waals surface area contributed by atoms with Crippen molar-refractivity contribution in [1.29, 1.82) is 0 Å². The topological polar surface area (TPSA) is 76.7 Å². The normalized spacial score (nSPS) is 9.90. The molecule has 0 atom stereocenters. The van der Waals surface area contributed by atoms with Gasteiger partial charge in [0.25, 0.3) is 5.91 Å². The average Bonchev–Trinajstić information content (AvgIpc) is 2.46. The van der Waals surface area contributed by atoms with Crippen LogP contribution in [0.4, 0.5) is 0 Å². The van der Waals surface area contributed by atoms with E-state index in [-0.39, 0.29) is 18.2 Å². The van der Waals surface area contributed by atoms with E-state index >= 15 is 0 Å². The van der Waals surface area contributed by atoms with Gasteiger partial charge in [-0.3, -0.25) is 20.4 Å². The monoisotopic (exact) mass is 280 g/mol. The Balaban J connectivity index is 2.36. The SMILES string of the molecule is CCOCCC(=O)NNC(=O)c1ccc(OCC)cc1. The van der Waals surface area contributed by atoms with Crippen molar-refractivity contribution in [3.05, 3.63) is 29.8 Å². The highest BCUT2D eigenvalue weighted by Crippen LogP contribution is 2.11. The van der Waals surface area contributed by atoms with Gasteiger partial charge >= 0.3 is 0 Å². The Hall–Kier alpha value is -2.08. The van der Waals surface area contributed by atoms with Crippen molar-refractivity contribution < 1.29 is 19.1 Å². The quantitative estimate of drug-likeness (QED) is 0.582. The van der Waals surface area contributed by atoms with Crippen LogP contribution in [0.2, 0.25) is 0 Å². The molecule has 0 aliphatic carbocycles. The summed E-state index contributed by atoms with van der Waals surface area (Å²) in [5, 5.41) is 0. The van der Waals surface area contributed by atoms with Crippen molar-refractivity contribution in [3.63, 3.8) is 0 Å². The molecule has 0 aliphatic heterocycles. The predicted octanol–water partition coefficient (Wildman–Crippen LogP) is 1.27. The summed E-state index contributed by atoms with van der Waals surface area (Å²) in [6.07, 6.45) is 0.206. The molecule has 0 unspecified atom stereocenters. The van der Waals surface area contributed by atoms with E-state index in [9.17, 15) is 9.59 Å². The maximum atomic E-state index is 11.8. The molecule has 1 rings (SSSR count). The first kappa shape index (κ1) is 16.0. The van der Waals surface area contributed by atoms with Gasteiger partial charge in [0.05, 0.1) is 19.6 Å². The molecule has 0 aromatic heterocycles. The van der Waals surface area contributed by atoms with E-state index in [1.807, 2.05) is 13.8 Å². The Morgan fingerprint density at radius 2 is 1.75 bits per heavy atom. The van der Waals surface area contributed by atoms with Crippen LogP contribution in [0.1, 0.15) is 30.6 Å². The number of carbonyl (C=O) groups excluding carboxylic acids is 2. The number of carbonyl (C=O) groups is 2. The van der Waals surface area contributed by atoms with Crippen LogP contribution in [0, 0.1) is 0 Å². The van der Waals surface area contributed by atoms with E-state index in [0.29, 0.717) is 31.1 Å². The molecule has 2 amide bonds.